The van der Waals surface area contributed by atoms with Gasteiger partial charge in [-0.15, -0.1) is 11.8 Å². The van der Waals surface area contributed by atoms with Gasteiger partial charge < -0.3 is 25.0 Å². The van der Waals surface area contributed by atoms with E-state index < -0.39 is 0 Å². The van der Waals surface area contributed by atoms with Crippen LogP contribution in [0.4, 0.5) is 28.8 Å². The predicted molar refractivity (Wildman–Crippen MR) is 166 cm³/mol. The molecule has 0 unspecified atom stereocenters. The van der Waals surface area contributed by atoms with Gasteiger partial charge in [-0.05, 0) is 51.0 Å². The number of anilines is 5. The van der Waals surface area contributed by atoms with Gasteiger partial charge in [0, 0.05) is 65.9 Å². The first-order chi connectivity index (χ1) is 19.5. The smallest absolute Gasteiger partial charge is 0.229 e. The average Bonchev–Trinajstić information content (AvgIpc) is 2.97. The molecule has 2 fully saturated rings. The Bertz CT molecular complexity index is 1260. The summed E-state index contributed by atoms with van der Waals surface area (Å²) in [6.45, 7) is 15.0. The molecule has 40 heavy (non-hydrogen) atoms. The van der Waals surface area contributed by atoms with E-state index >= 15 is 0 Å². The zero-order valence-corrected chi connectivity index (χ0v) is 25.0. The van der Waals surface area contributed by atoms with Crippen LogP contribution in [0.2, 0.25) is 0 Å². The lowest BCUT2D eigenvalue weighted by atomic mass is 10.0. The molecule has 0 saturated carbocycles. The first kappa shape index (κ1) is 28.5. The lowest BCUT2D eigenvalue weighted by molar-refractivity contribution is 0.0115. The summed E-state index contributed by atoms with van der Waals surface area (Å²) < 4.78 is 11.6. The average molecular weight is 563 g/mol. The van der Waals surface area contributed by atoms with Gasteiger partial charge in [-0.25, -0.2) is 4.98 Å². The van der Waals surface area contributed by atoms with Crippen molar-refractivity contribution in [2.45, 2.75) is 56.7 Å². The van der Waals surface area contributed by atoms with Gasteiger partial charge >= 0.3 is 0 Å². The van der Waals surface area contributed by atoms with Crippen LogP contribution >= 0.6 is 11.8 Å². The summed E-state index contributed by atoms with van der Waals surface area (Å²) in [6, 6.07) is 15.4. The van der Waals surface area contributed by atoms with Crippen molar-refractivity contribution in [3.05, 3.63) is 54.2 Å². The molecule has 9 heteroatoms. The van der Waals surface area contributed by atoms with Crippen LogP contribution in [0.25, 0.3) is 0 Å². The van der Waals surface area contributed by atoms with Crippen LogP contribution in [0, 0.1) is 6.92 Å². The Kier molecular flexibility index (Phi) is 9.67. The standard InChI is InChI=1S/C31H42N6O2S/c1-5-39-28-20-25(36-14-12-24(13-15-36)37-16-18-38-19-17-37)10-11-26(28)34-31-32-21-23(4)30(35-31)33-27-8-6-7-9-29(27)40-22(2)3/h6-11,20-22,24H,5,12-19H2,1-4H3,(H2,32,33,34,35). The summed E-state index contributed by atoms with van der Waals surface area (Å²) in [4.78, 5) is 15.7. The molecule has 0 atom stereocenters. The number of benzene rings is 2. The summed E-state index contributed by atoms with van der Waals surface area (Å²) >= 11 is 1.84. The van der Waals surface area contributed by atoms with E-state index in [9.17, 15) is 0 Å². The number of ether oxygens (including phenoxy) is 2. The Labute approximate surface area is 242 Å². The topological polar surface area (TPSA) is 74.8 Å². The third-order valence-corrected chi connectivity index (χ3v) is 8.46. The van der Waals surface area contributed by atoms with Crippen LogP contribution in [0.1, 0.15) is 39.2 Å². The third kappa shape index (κ3) is 7.19. The maximum atomic E-state index is 6.07. The quantitative estimate of drug-likeness (QED) is 0.270. The van der Waals surface area contributed by atoms with Crippen molar-refractivity contribution in [1.82, 2.24) is 14.9 Å². The predicted octanol–water partition coefficient (Wildman–Crippen LogP) is 6.47. The van der Waals surface area contributed by atoms with Gasteiger partial charge in [-0.3, -0.25) is 4.90 Å². The minimum Gasteiger partial charge on any atom is -0.492 e. The van der Waals surface area contributed by atoms with Gasteiger partial charge in [0.2, 0.25) is 5.95 Å². The van der Waals surface area contributed by atoms with Crippen LogP contribution in [-0.4, -0.2) is 72.2 Å². The lowest BCUT2D eigenvalue weighted by Gasteiger charge is -2.41. The highest BCUT2D eigenvalue weighted by molar-refractivity contribution is 8.00. The SMILES string of the molecule is CCOc1cc(N2CCC(N3CCOCC3)CC2)ccc1Nc1ncc(C)c(Nc2ccccc2SC(C)C)n1. The van der Waals surface area contributed by atoms with Crippen LogP contribution in [0.15, 0.2) is 53.6 Å². The fourth-order valence-electron chi connectivity index (χ4n) is 5.32. The monoisotopic (exact) mass is 562 g/mol. The van der Waals surface area contributed by atoms with Crippen molar-refractivity contribution in [1.29, 1.82) is 0 Å². The lowest BCUT2D eigenvalue weighted by Crippen LogP contribution is -2.49. The Morgan fingerprint density at radius 2 is 1.80 bits per heavy atom. The molecule has 0 bridgehead atoms. The van der Waals surface area contributed by atoms with Gasteiger partial charge in [0.05, 0.1) is 31.2 Å². The summed E-state index contributed by atoms with van der Waals surface area (Å²) in [5, 5.41) is 7.43. The van der Waals surface area contributed by atoms with Gasteiger partial charge in [0.15, 0.2) is 0 Å². The second kappa shape index (κ2) is 13.6. The summed E-state index contributed by atoms with van der Waals surface area (Å²) in [7, 11) is 0. The van der Waals surface area contributed by atoms with Crippen LogP contribution in [-0.2, 0) is 4.74 Å². The van der Waals surface area contributed by atoms with Crippen molar-refractivity contribution in [2.75, 3.05) is 61.5 Å². The maximum Gasteiger partial charge on any atom is 0.229 e. The fraction of sp³-hybridized carbons (Fsp3) is 0.484. The number of rotatable bonds is 10. The Hall–Kier alpha value is -3.01. The van der Waals surface area contributed by atoms with Crippen molar-refractivity contribution in [3.63, 3.8) is 0 Å². The van der Waals surface area contributed by atoms with Gasteiger partial charge in [-0.2, -0.15) is 4.98 Å². The number of aryl methyl sites for hydroxylation is 1. The van der Waals surface area contributed by atoms with E-state index in [-0.39, 0.29) is 0 Å². The van der Waals surface area contributed by atoms with Crippen molar-refractivity contribution in [3.8, 4) is 5.75 Å². The van der Waals surface area contributed by atoms with E-state index in [4.69, 9.17) is 14.5 Å². The molecule has 2 aliphatic rings. The molecular formula is C31H42N6O2S. The Balaban J connectivity index is 1.29. The first-order valence-electron chi connectivity index (χ1n) is 14.5. The van der Waals surface area contributed by atoms with E-state index in [2.05, 4.69) is 75.7 Å². The highest BCUT2D eigenvalue weighted by Gasteiger charge is 2.26. The van der Waals surface area contributed by atoms with Crippen molar-refractivity contribution >= 4 is 40.6 Å². The number of piperidine rings is 1. The number of nitrogens with zero attached hydrogens (tertiary/aromatic N) is 4. The Morgan fingerprint density at radius 1 is 1.02 bits per heavy atom. The Morgan fingerprint density at radius 3 is 2.55 bits per heavy atom. The van der Waals surface area contributed by atoms with Gasteiger partial charge in [-0.1, -0.05) is 26.0 Å². The maximum absolute atomic E-state index is 6.07. The zero-order chi connectivity index (χ0) is 27.9. The minimum absolute atomic E-state index is 0.489. The number of morpholine rings is 1. The normalized spacial score (nSPS) is 16.8. The zero-order valence-electron chi connectivity index (χ0n) is 24.2. The molecule has 0 spiro atoms. The van der Waals surface area contributed by atoms with Crippen LogP contribution < -0.4 is 20.3 Å². The molecule has 3 heterocycles. The van der Waals surface area contributed by atoms with E-state index in [1.165, 1.54) is 23.4 Å². The number of para-hydroxylation sites is 1. The molecule has 5 rings (SSSR count). The van der Waals surface area contributed by atoms with E-state index in [0.29, 0.717) is 23.8 Å². The van der Waals surface area contributed by atoms with Crippen molar-refractivity contribution in [2.24, 2.45) is 0 Å². The van der Waals surface area contributed by atoms with Gasteiger partial charge in [0.1, 0.15) is 11.6 Å². The number of aromatic nitrogens is 2. The number of hydrogen-bond acceptors (Lipinski definition) is 9. The van der Waals surface area contributed by atoms with Crippen LogP contribution in [0.5, 0.6) is 5.75 Å². The molecular weight excluding hydrogens is 520 g/mol. The molecule has 214 valence electrons. The number of hydrogen-bond donors (Lipinski definition) is 2. The molecule has 3 aromatic rings. The largest absolute Gasteiger partial charge is 0.492 e. The molecule has 2 aliphatic heterocycles. The summed E-state index contributed by atoms with van der Waals surface area (Å²) in [5.41, 5.74) is 4.08. The molecule has 0 aliphatic carbocycles. The van der Waals surface area contributed by atoms with E-state index in [1.807, 2.05) is 37.9 Å². The minimum atomic E-state index is 0.489. The van der Waals surface area contributed by atoms with Crippen molar-refractivity contribution < 1.29 is 9.47 Å². The number of thioether (sulfide) groups is 1. The molecule has 2 N–H and O–H groups in total. The molecule has 2 saturated heterocycles. The van der Waals surface area contributed by atoms with Gasteiger partial charge in [0.25, 0.3) is 0 Å². The highest BCUT2D eigenvalue weighted by Crippen LogP contribution is 2.35. The molecule has 2 aromatic carbocycles. The molecule has 1 aromatic heterocycles. The fourth-order valence-corrected chi connectivity index (χ4v) is 6.23. The second-order valence-corrected chi connectivity index (χ2v) is 12.2. The molecule has 8 nitrogen and oxygen atoms in total. The van der Waals surface area contributed by atoms with E-state index in [1.54, 1.807) is 0 Å². The number of nitrogens with one attached hydrogen (secondary N) is 2. The molecule has 0 radical (unpaired) electrons. The highest BCUT2D eigenvalue weighted by atomic mass is 32.2. The first-order valence-corrected chi connectivity index (χ1v) is 15.3. The summed E-state index contributed by atoms with van der Waals surface area (Å²) in [6.07, 6.45) is 4.20. The summed E-state index contributed by atoms with van der Waals surface area (Å²) in [5.74, 6) is 2.13. The molecule has 0 amide bonds. The third-order valence-electron chi connectivity index (χ3n) is 7.38. The van der Waals surface area contributed by atoms with E-state index in [0.717, 1.165) is 67.9 Å². The second-order valence-electron chi connectivity index (χ2n) is 10.6. The van der Waals surface area contributed by atoms with Crippen LogP contribution in [0.3, 0.4) is 0 Å².